The van der Waals surface area contributed by atoms with Crippen molar-refractivity contribution >= 4 is 38.5 Å². The summed E-state index contributed by atoms with van der Waals surface area (Å²) in [6.45, 7) is 0. The molecule has 1 aromatic carbocycles. The minimum atomic E-state index is -0.108. The van der Waals surface area contributed by atoms with E-state index in [-0.39, 0.29) is 5.43 Å². The van der Waals surface area contributed by atoms with Gasteiger partial charge in [-0.3, -0.25) is 4.79 Å². The molecule has 0 N–H and O–H groups in total. The second kappa shape index (κ2) is 3.16. The molecule has 0 aliphatic carbocycles. The summed E-state index contributed by atoms with van der Waals surface area (Å²) in [7, 11) is 0. The van der Waals surface area contributed by atoms with E-state index in [0.717, 1.165) is 0 Å². The Labute approximate surface area is 87.3 Å². The van der Waals surface area contributed by atoms with Crippen molar-refractivity contribution in [3.8, 4) is 0 Å². The summed E-state index contributed by atoms with van der Waals surface area (Å²) in [6, 6.07) is 5.08. The van der Waals surface area contributed by atoms with Crippen molar-refractivity contribution in [2.75, 3.05) is 0 Å². The maximum Gasteiger partial charge on any atom is 0.206 e. The quantitative estimate of drug-likeness (QED) is 0.727. The van der Waals surface area contributed by atoms with Crippen LogP contribution in [0.3, 0.4) is 0 Å². The van der Waals surface area contributed by atoms with Gasteiger partial charge in [0.1, 0.15) is 10.7 Å². The van der Waals surface area contributed by atoms with Gasteiger partial charge in [0.05, 0.1) is 10.4 Å². The van der Waals surface area contributed by atoms with Crippen LogP contribution in [0.5, 0.6) is 0 Å². The highest BCUT2D eigenvalue weighted by atomic mass is 79.9. The normalized spacial score (nSPS) is 10.6. The zero-order chi connectivity index (χ0) is 9.42. The number of hydrogen-bond donors (Lipinski definition) is 0. The van der Waals surface area contributed by atoms with Crippen LogP contribution in [0, 0.1) is 0 Å². The lowest BCUT2D eigenvalue weighted by Crippen LogP contribution is -2.01. The average Bonchev–Trinajstić information content (AvgIpc) is 2.12. The Morgan fingerprint density at radius 1 is 1.38 bits per heavy atom. The molecule has 2 rings (SSSR count). The lowest BCUT2D eigenvalue weighted by molar-refractivity contribution is 0.599. The summed E-state index contributed by atoms with van der Waals surface area (Å²) >= 11 is 8.92. The summed E-state index contributed by atoms with van der Waals surface area (Å²) in [5.41, 5.74) is 0.320. The van der Waals surface area contributed by atoms with Gasteiger partial charge in [-0.15, -0.1) is 0 Å². The van der Waals surface area contributed by atoms with Crippen LogP contribution in [0.2, 0.25) is 5.02 Å². The summed E-state index contributed by atoms with van der Waals surface area (Å²) in [5.74, 6) is 0. The molecule has 0 aliphatic heterocycles. The van der Waals surface area contributed by atoms with Crippen molar-refractivity contribution in [3.05, 3.63) is 44.2 Å². The van der Waals surface area contributed by atoms with Gasteiger partial charge in [0.2, 0.25) is 5.43 Å². The molecule has 0 saturated heterocycles. The third-order valence-corrected chi connectivity index (χ3v) is 2.55. The fourth-order valence-electron chi connectivity index (χ4n) is 1.10. The SMILES string of the molecule is O=c1c(Br)coc2c(Cl)cccc12. The molecule has 13 heavy (non-hydrogen) atoms. The van der Waals surface area contributed by atoms with E-state index >= 15 is 0 Å². The number of halogens is 2. The van der Waals surface area contributed by atoms with Crippen LogP contribution >= 0.6 is 27.5 Å². The van der Waals surface area contributed by atoms with Gasteiger partial charge >= 0.3 is 0 Å². The third kappa shape index (κ3) is 1.38. The molecule has 0 aliphatic rings. The standard InChI is InChI=1S/C9H4BrClO2/c10-6-4-13-9-5(8(6)12)2-1-3-7(9)11/h1-4H. The molecular formula is C9H4BrClO2. The van der Waals surface area contributed by atoms with Crippen LogP contribution in [0.15, 0.2) is 38.1 Å². The van der Waals surface area contributed by atoms with Crippen LogP contribution in [0.4, 0.5) is 0 Å². The van der Waals surface area contributed by atoms with Crippen LogP contribution in [-0.2, 0) is 0 Å². The first-order chi connectivity index (χ1) is 6.20. The zero-order valence-corrected chi connectivity index (χ0v) is 8.72. The fourth-order valence-corrected chi connectivity index (χ4v) is 1.63. The van der Waals surface area contributed by atoms with Gasteiger partial charge in [-0.25, -0.2) is 0 Å². The molecule has 2 aromatic rings. The molecule has 0 saturated carbocycles. The molecule has 0 bridgehead atoms. The van der Waals surface area contributed by atoms with E-state index in [1.54, 1.807) is 18.2 Å². The number of rotatable bonds is 0. The molecule has 1 aromatic heterocycles. The van der Waals surface area contributed by atoms with Crippen molar-refractivity contribution in [1.82, 2.24) is 0 Å². The molecular weight excluding hydrogens is 255 g/mol. The van der Waals surface area contributed by atoms with Gasteiger partial charge in [0, 0.05) is 0 Å². The molecule has 1 heterocycles. The molecule has 0 unspecified atom stereocenters. The smallest absolute Gasteiger partial charge is 0.206 e. The lowest BCUT2D eigenvalue weighted by Gasteiger charge is -1.97. The van der Waals surface area contributed by atoms with Crippen molar-refractivity contribution in [2.45, 2.75) is 0 Å². The predicted octanol–water partition coefficient (Wildman–Crippen LogP) is 3.21. The third-order valence-electron chi connectivity index (χ3n) is 1.71. The summed E-state index contributed by atoms with van der Waals surface area (Å²) < 4.78 is 5.58. The first kappa shape index (κ1) is 8.78. The Kier molecular flexibility index (Phi) is 2.14. The highest BCUT2D eigenvalue weighted by Gasteiger charge is 2.06. The Hall–Kier alpha value is -0.800. The molecule has 2 nitrogen and oxygen atoms in total. The van der Waals surface area contributed by atoms with Crippen LogP contribution in [-0.4, -0.2) is 0 Å². The van der Waals surface area contributed by atoms with E-state index in [1.165, 1.54) is 6.26 Å². The van der Waals surface area contributed by atoms with Crippen LogP contribution in [0.25, 0.3) is 11.0 Å². The van der Waals surface area contributed by atoms with Crippen molar-refractivity contribution in [3.63, 3.8) is 0 Å². The number of benzene rings is 1. The molecule has 0 amide bonds. The van der Waals surface area contributed by atoms with Crippen LogP contribution in [0.1, 0.15) is 0 Å². The van der Waals surface area contributed by atoms with E-state index in [4.69, 9.17) is 16.0 Å². The molecule has 0 radical (unpaired) electrons. The minimum Gasteiger partial charge on any atom is -0.461 e. The van der Waals surface area contributed by atoms with Crippen LogP contribution < -0.4 is 5.43 Å². The van der Waals surface area contributed by atoms with E-state index in [2.05, 4.69) is 15.9 Å². The zero-order valence-electron chi connectivity index (χ0n) is 6.38. The van der Waals surface area contributed by atoms with Gasteiger partial charge < -0.3 is 4.42 Å². The fraction of sp³-hybridized carbons (Fsp3) is 0. The molecule has 0 spiro atoms. The summed E-state index contributed by atoms with van der Waals surface area (Å²) in [6.07, 6.45) is 1.34. The predicted molar refractivity (Wildman–Crippen MR) is 55.2 cm³/mol. The van der Waals surface area contributed by atoms with E-state index < -0.39 is 0 Å². The van der Waals surface area contributed by atoms with Gasteiger partial charge in [-0.05, 0) is 28.1 Å². The maximum atomic E-state index is 11.5. The minimum absolute atomic E-state index is 0.108. The monoisotopic (exact) mass is 258 g/mol. The molecule has 66 valence electrons. The van der Waals surface area contributed by atoms with Crippen molar-refractivity contribution in [1.29, 1.82) is 0 Å². The number of fused-ring (bicyclic) bond motifs is 1. The maximum absolute atomic E-state index is 11.5. The van der Waals surface area contributed by atoms with E-state index in [0.29, 0.717) is 20.5 Å². The highest BCUT2D eigenvalue weighted by molar-refractivity contribution is 9.10. The van der Waals surface area contributed by atoms with Gasteiger partial charge in [0.25, 0.3) is 0 Å². The van der Waals surface area contributed by atoms with Gasteiger partial charge in [-0.1, -0.05) is 17.7 Å². The Bertz CT molecular complexity index is 518. The molecule has 4 heteroatoms. The van der Waals surface area contributed by atoms with Crippen molar-refractivity contribution in [2.24, 2.45) is 0 Å². The lowest BCUT2D eigenvalue weighted by atomic mass is 10.2. The molecule has 0 atom stereocenters. The van der Waals surface area contributed by atoms with Gasteiger partial charge in [-0.2, -0.15) is 0 Å². The number of hydrogen-bond acceptors (Lipinski definition) is 2. The topological polar surface area (TPSA) is 30.2 Å². The highest BCUT2D eigenvalue weighted by Crippen LogP contribution is 2.22. The largest absolute Gasteiger partial charge is 0.461 e. The first-order valence-electron chi connectivity index (χ1n) is 3.55. The van der Waals surface area contributed by atoms with Gasteiger partial charge in [0.15, 0.2) is 5.58 Å². The first-order valence-corrected chi connectivity index (χ1v) is 4.73. The summed E-state index contributed by atoms with van der Waals surface area (Å²) in [4.78, 5) is 11.5. The second-order valence-corrected chi connectivity index (χ2v) is 3.79. The number of para-hydroxylation sites is 1. The average molecular weight is 259 g/mol. The summed E-state index contributed by atoms with van der Waals surface area (Å²) in [5, 5.41) is 0.934. The van der Waals surface area contributed by atoms with E-state index in [1.807, 2.05) is 0 Å². The Morgan fingerprint density at radius 2 is 2.15 bits per heavy atom. The Balaban J connectivity index is 3.03. The Morgan fingerprint density at radius 3 is 2.92 bits per heavy atom. The molecule has 0 fully saturated rings. The van der Waals surface area contributed by atoms with Crippen molar-refractivity contribution < 1.29 is 4.42 Å². The van der Waals surface area contributed by atoms with E-state index in [9.17, 15) is 4.79 Å². The second-order valence-electron chi connectivity index (χ2n) is 2.53.